The average Bonchev–Trinajstić information content (AvgIpc) is 3.27. The lowest BCUT2D eigenvalue weighted by molar-refractivity contribution is -0.121. The fraction of sp³-hybridized carbons (Fsp3) is 0.300. The maximum absolute atomic E-state index is 12.9. The van der Waals surface area contributed by atoms with E-state index in [0.29, 0.717) is 36.5 Å². The van der Waals surface area contributed by atoms with Crippen LogP contribution in [0.4, 0.5) is 5.69 Å². The van der Waals surface area contributed by atoms with E-state index < -0.39 is 10.0 Å². The second kappa shape index (κ2) is 7.63. The van der Waals surface area contributed by atoms with Gasteiger partial charge in [0.05, 0.1) is 16.9 Å². The minimum Gasteiger partial charge on any atom is -0.356 e. The number of aromatic nitrogens is 2. The van der Waals surface area contributed by atoms with Crippen LogP contribution >= 0.6 is 0 Å². The Kier molecular flexibility index (Phi) is 5.04. The number of carbonyl (C=O) groups is 1. The number of aryl methyl sites for hydroxylation is 1. The average molecular weight is 398 g/mol. The van der Waals surface area contributed by atoms with E-state index in [1.165, 1.54) is 4.31 Å². The molecule has 8 heteroatoms. The molecule has 0 fully saturated rings. The first-order valence-corrected chi connectivity index (χ1v) is 10.8. The van der Waals surface area contributed by atoms with Gasteiger partial charge in [-0.1, -0.05) is 24.3 Å². The first-order chi connectivity index (χ1) is 13.6. The van der Waals surface area contributed by atoms with E-state index in [2.05, 4.69) is 10.3 Å². The quantitative estimate of drug-likeness (QED) is 0.591. The summed E-state index contributed by atoms with van der Waals surface area (Å²) in [4.78, 5) is 16.4. The van der Waals surface area contributed by atoms with Gasteiger partial charge in [-0.25, -0.2) is 13.4 Å². The van der Waals surface area contributed by atoms with Crippen LogP contribution < -0.4 is 9.62 Å². The van der Waals surface area contributed by atoms with Gasteiger partial charge >= 0.3 is 0 Å². The molecule has 1 aliphatic rings. The number of nitrogens with one attached hydrogen (secondary N) is 1. The van der Waals surface area contributed by atoms with Gasteiger partial charge in [0.1, 0.15) is 0 Å². The molecule has 1 aromatic heterocycles. The molecule has 1 aliphatic heterocycles. The van der Waals surface area contributed by atoms with Crippen LogP contribution in [-0.2, 0) is 21.4 Å². The number of nitrogens with zero attached hydrogens (tertiary/aromatic N) is 3. The molecule has 0 aliphatic carbocycles. The van der Waals surface area contributed by atoms with Gasteiger partial charge in [0, 0.05) is 43.8 Å². The number of imidazole rings is 1. The Hall–Kier alpha value is -2.87. The maximum atomic E-state index is 12.9. The molecule has 0 unspecified atom stereocenters. The third-order valence-electron chi connectivity index (χ3n) is 4.92. The van der Waals surface area contributed by atoms with E-state index in [0.717, 1.165) is 23.7 Å². The Balaban J connectivity index is 1.31. The molecule has 0 bridgehead atoms. The molecule has 3 aromatic rings. The molecule has 0 radical (unpaired) electrons. The van der Waals surface area contributed by atoms with E-state index in [1.807, 2.05) is 35.0 Å². The Morgan fingerprint density at radius 1 is 1.07 bits per heavy atom. The summed E-state index contributed by atoms with van der Waals surface area (Å²) in [5, 5.41) is 4.57. The van der Waals surface area contributed by atoms with Crippen molar-refractivity contribution in [3.8, 4) is 0 Å². The SMILES string of the molecule is O=C(CCCN1c2cccc3cccc(c23)S1(=O)=O)NCCCn1ccnc1. The highest BCUT2D eigenvalue weighted by molar-refractivity contribution is 7.93. The van der Waals surface area contributed by atoms with E-state index in [4.69, 9.17) is 0 Å². The summed E-state index contributed by atoms with van der Waals surface area (Å²) >= 11 is 0. The number of carbonyl (C=O) groups excluding carboxylic acids is 1. The zero-order valence-electron chi connectivity index (χ0n) is 15.4. The molecule has 0 saturated heterocycles. The van der Waals surface area contributed by atoms with Gasteiger partial charge in [-0.2, -0.15) is 0 Å². The predicted octanol–water partition coefficient (Wildman–Crippen LogP) is 2.53. The summed E-state index contributed by atoms with van der Waals surface area (Å²) < 4.78 is 29.2. The minimum absolute atomic E-state index is 0.0575. The van der Waals surface area contributed by atoms with Gasteiger partial charge in [-0.05, 0) is 30.4 Å². The monoisotopic (exact) mass is 398 g/mol. The highest BCUT2D eigenvalue weighted by Crippen LogP contribution is 2.41. The third-order valence-corrected chi connectivity index (χ3v) is 6.78. The Morgan fingerprint density at radius 2 is 1.89 bits per heavy atom. The van der Waals surface area contributed by atoms with Crippen molar-refractivity contribution in [1.82, 2.24) is 14.9 Å². The van der Waals surface area contributed by atoms with Gasteiger partial charge in [0.2, 0.25) is 5.91 Å². The highest BCUT2D eigenvalue weighted by Gasteiger charge is 2.34. The Labute approximate surface area is 164 Å². The highest BCUT2D eigenvalue weighted by atomic mass is 32.2. The number of benzene rings is 2. The molecule has 1 N–H and O–H groups in total. The number of amides is 1. The Morgan fingerprint density at radius 3 is 2.68 bits per heavy atom. The topological polar surface area (TPSA) is 84.3 Å². The first kappa shape index (κ1) is 18.5. The van der Waals surface area contributed by atoms with E-state index in [-0.39, 0.29) is 5.91 Å². The molecule has 0 atom stereocenters. The molecule has 28 heavy (non-hydrogen) atoms. The van der Waals surface area contributed by atoms with Crippen molar-refractivity contribution in [3.05, 3.63) is 55.1 Å². The van der Waals surface area contributed by atoms with E-state index >= 15 is 0 Å². The third kappa shape index (κ3) is 3.47. The minimum atomic E-state index is -3.55. The van der Waals surface area contributed by atoms with Crippen molar-refractivity contribution in [2.24, 2.45) is 0 Å². The zero-order chi connectivity index (χ0) is 19.6. The van der Waals surface area contributed by atoms with Crippen LogP contribution in [0.5, 0.6) is 0 Å². The molecular formula is C20H22N4O3S. The van der Waals surface area contributed by atoms with Crippen LogP contribution in [-0.4, -0.2) is 37.0 Å². The van der Waals surface area contributed by atoms with Crippen molar-refractivity contribution in [2.45, 2.75) is 30.7 Å². The second-order valence-corrected chi connectivity index (χ2v) is 8.65. The summed E-state index contributed by atoms with van der Waals surface area (Å²) in [6, 6.07) is 10.9. The van der Waals surface area contributed by atoms with Gasteiger partial charge in [0.15, 0.2) is 0 Å². The van der Waals surface area contributed by atoms with Gasteiger partial charge < -0.3 is 9.88 Å². The second-order valence-electron chi connectivity index (χ2n) is 6.82. The van der Waals surface area contributed by atoms with Crippen LogP contribution in [0.25, 0.3) is 10.8 Å². The van der Waals surface area contributed by atoms with Crippen molar-refractivity contribution in [3.63, 3.8) is 0 Å². The van der Waals surface area contributed by atoms with E-state index in [1.54, 1.807) is 24.7 Å². The molecule has 4 rings (SSSR count). The number of hydrogen-bond donors (Lipinski definition) is 1. The van der Waals surface area contributed by atoms with E-state index in [9.17, 15) is 13.2 Å². The molecule has 146 valence electrons. The summed E-state index contributed by atoms with van der Waals surface area (Å²) in [5.41, 5.74) is 0.703. The molecule has 2 aromatic carbocycles. The molecule has 0 saturated carbocycles. The van der Waals surface area contributed by atoms with Crippen LogP contribution in [0.15, 0.2) is 60.0 Å². The fourth-order valence-corrected chi connectivity index (χ4v) is 5.33. The van der Waals surface area contributed by atoms with Crippen LogP contribution in [0, 0.1) is 0 Å². The molecule has 0 spiro atoms. The smallest absolute Gasteiger partial charge is 0.265 e. The van der Waals surface area contributed by atoms with Crippen molar-refractivity contribution in [2.75, 3.05) is 17.4 Å². The van der Waals surface area contributed by atoms with Crippen LogP contribution in [0.1, 0.15) is 19.3 Å². The molecular weight excluding hydrogens is 376 g/mol. The lowest BCUT2D eigenvalue weighted by Crippen LogP contribution is -2.30. The van der Waals surface area contributed by atoms with Gasteiger partial charge in [-0.15, -0.1) is 0 Å². The summed E-state index contributed by atoms with van der Waals surface area (Å²) in [6.45, 7) is 1.68. The lowest BCUT2D eigenvalue weighted by Gasteiger charge is -2.18. The lowest BCUT2D eigenvalue weighted by atomic mass is 10.1. The fourth-order valence-electron chi connectivity index (χ4n) is 3.58. The van der Waals surface area contributed by atoms with Crippen molar-refractivity contribution < 1.29 is 13.2 Å². The predicted molar refractivity (Wildman–Crippen MR) is 108 cm³/mol. The first-order valence-electron chi connectivity index (χ1n) is 9.34. The Bertz CT molecular complexity index is 1090. The largest absolute Gasteiger partial charge is 0.356 e. The molecule has 1 amide bonds. The summed E-state index contributed by atoms with van der Waals surface area (Å²) in [5.74, 6) is -0.0575. The summed E-state index contributed by atoms with van der Waals surface area (Å²) in [6.07, 6.45) is 6.94. The molecule has 7 nitrogen and oxygen atoms in total. The van der Waals surface area contributed by atoms with Crippen LogP contribution in [0.2, 0.25) is 0 Å². The van der Waals surface area contributed by atoms with Crippen molar-refractivity contribution >= 4 is 32.4 Å². The maximum Gasteiger partial charge on any atom is 0.265 e. The zero-order valence-corrected chi connectivity index (χ0v) is 16.2. The number of hydrogen-bond acceptors (Lipinski definition) is 4. The van der Waals surface area contributed by atoms with Crippen molar-refractivity contribution in [1.29, 1.82) is 0 Å². The number of sulfonamides is 1. The summed E-state index contributed by atoms with van der Waals surface area (Å²) in [7, 11) is -3.55. The normalized spacial score (nSPS) is 14.5. The number of rotatable bonds is 8. The van der Waals surface area contributed by atoms with Crippen LogP contribution in [0.3, 0.4) is 0 Å². The van der Waals surface area contributed by atoms with Gasteiger partial charge in [0.25, 0.3) is 10.0 Å². The van der Waals surface area contributed by atoms with Gasteiger partial charge in [-0.3, -0.25) is 9.10 Å². The standard InChI is InChI=1S/C20H22N4O3S/c25-19(22-10-4-12-23-14-11-21-15-23)9-3-13-24-17-7-1-5-16-6-2-8-18(20(16)17)28(24,26)27/h1-2,5-8,11,14-15H,3-4,9-10,12-13H2,(H,22,25). The molecule has 2 heterocycles. The number of anilines is 1.